The maximum absolute atomic E-state index is 13.1. The first-order valence-corrected chi connectivity index (χ1v) is 11.4. The Morgan fingerprint density at radius 2 is 2.03 bits per heavy atom. The number of nitrogens with zero attached hydrogens (tertiary/aromatic N) is 1. The van der Waals surface area contributed by atoms with E-state index in [9.17, 15) is 14.4 Å². The van der Waals surface area contributed by atoms with E-state index in [1.54, 1.807) is 6.07 Å². The Labute approximate surface area is 193 Å². The monoisotopic (exact) mass is 457 g/mol. The van der Waals surface area contributed by atoms with Crippen LogP contribution in [0.4, 0.5) is 4.79 Å². The molecule has 33 heavy (non-hydrogen) atoms. The van der Waals surface area contributed by atoms with Crippen LogP contribution in [-0.2, 0) is 25.7 Å². The lowest BCUT2D eigenvalue weighted by Gasteiger charge is -2.33. The number of likely N-dealkylation sites (tertiary alicyclic amines) is 1. The first-order chi connectivity index (χ1) is 15.8. The molecule has 1 aliphatic carbocycles. The SMILES string of the molecule is COC(=O)N1C(=O)[C@@H]2[C@@H](CC(C(C)C)=C3[C@@H](CC/C(C)=C/c4ccc(CO)o4)OC[C@@H]32)C1=O. The van der Waals surface area contributed by atoms with E-state index in [0.29, 0.717) is 29.4 Å². The summed E-state index contributed by atoms with van der Waals surface area (Å²) in [5, 5.41) is 9.16. The van der Waals surface area contributed by atoms with Gasteiger partial charge in [0.15, 0.2) is 0 Å². The Morgan fingerprint density at radius 3 is 2.67 bits per heavy atom. The zero-order valence-electron chi connectivity index (χ0n) is 19.5. The Kier molecular flexibility index (Phi) is 6.59. The van der Waals surface area contributed by atoms with Gasteiger partial charge in [0.05, 0.1) is 31.7 Å². The second-order valence-electron chi connectivity index (χ2n) is 9.37. The molecule has 3 amide bonds. The van der Waals surface area contributed by atoms with Gasteiger partial charge >= 0.3 is 6.09 Å². The molecule has 4 atom stereocenters. The van der Waals surface area contributed by atoms with Crippen LogP contribution in [-0.4, -0.2) is 47.7 Å². The van der Waals surface area contributed by atoms with Gasteiger partial charge in [-0.1, -0.05) is 25.0 Å². The van der Waals surface area contributed by atoms with E-state index in [1.165, 1.54) is 7.11 Å². The Balaban J connectivity index is 1.54. The van der Waals surface area contributed by atoms with E-state index < -0.39 is 29.7 Å². The summed E-state index contributed by atoms with van der Waals surface area (Å²) in [5.74, 6) is -0.809. The second kappa shape index (κ2) is 9.27. The number of carbonyl (C=O) groups is 3. The number of hydrogen-bond acceptors (Lipinski definition) is 7. The zero-order valence-corrected chi connectivity index (χ0v) is 19.5. The van der Waals surface area contributed by atoms with E-state index >= 15 is 0 Å². The summed E-state index contributed by atoms with van der Waals surface area (Å²) in [7, 11) is 1.17. The van der Waals surface area contributed by atoms with E-state index in [2.05, 4.69) is 18.6 Å². The first kappa shape index (κ1) is 23.4. The van der Waals surface area contributed by atoms with Crippen LogP contribution in [0.5, 0.6) is 0 Å². The number of allylic oxidation sites excluding steroid dienone is 2. The minimum atomic E-state index is -0.912. The summed E-state index contributed by atoms with van der Waals surface area (Å²) in [5.41, 5.74) is 3.41. The predicted molar refractivity (Wildman–Crippen MR) is 118 cm³/mol. The highest BCUT2D eigenvalue weighted by Gasteiger charge is 2.59. The van der Waals surface area contributed by atoms with Crippen molar-refractivity contribution in [3.05, 3.63) is 40.4 Å². The fraction of sp³-hybridized carbons (Fsp3) is 0.560. The molecule has 1 aromatic heterocycles. The average molecular weight is 458 g/mol. The summed E-state index contributed by atoms with van der Waals surface area (Å²) < 4.78 is 16.4. The highest BCUT2D eigenvalue weighted by Crippen LogP contribution is 2.51. The molecule has 0 aromatic carbocycles. The molecule has 2 fully saturated rings. The molecule has 0 unspecified atom stereocenters. The number of fused-ring (bicyclic) bond motifs is 3. The lowest BCUT2D eigenvalue weighted by Crippen LogP contribution is -2.38. The lowest BCUT2D eigenvalue weighted by molar-refractivity contribution is -0.137. The Morgan fingerprint density at radius 1 is 1.27 bits per heavy atom. The highest BCUT2D eigenvalue weighted by atomic mass is 16.5. The number of carbonyl (C=O) groups excluding carboxylic acids is 3. The number of hydrogen-bond donors (Lipinski definition) is 1. The standard InChI is InChI=1S/C25H31NO7/c1-13(2)17-10-18-22(24(29)26(23(18)28)25(30)31-4)19-12-32-20(21(17)19)8-5-14(3)9-15-6-7-16(11-27)33-15/h6-7,9,13,18-20,22,27H,5,8,10-12H2,1-4H3/b14-9+/t18-,19+,20-,22-/m1/s1. The molecule has 1 aromatic rings. The van der Waals surface area contributed by atoms with E-state index in [-0.39, 0.29) is 24.5 Å². The Hall–Kier alpha value is -2.71. The molecule has 1 N–H and O–H groups in total. The van der Waals surface area contributed by atoms with Crippen molar-refractivity contribution in [1.29, 1.82) is 0 Å². The molecule has 8 heteroatoms. The lowest BCUT2D eigenvalue weighted by atomic mass is 9.67. The molecular weight excluding hydrogens is 426 g/mol. The van der Waals surface area contributed by atoms with Gasteiger partial charge in [-0.2, -0.15) is 4.90 Å². The topological polar surface area (TPSA) is 106 Å². The maximum atomic E-state index is 13.1. The van der Waals surface area contributed by atoms with Gasteiger partial charge in [-0.25, -0.2) is 4.79 Å². The van der Waals surface area contributed by atoms with Gasteiger partial charge in [-0.3, -0.25) is 9.59 Å². The van der Waals surface area contributed by atoms with Crippen molar-refractivity contribution in [2.24, 2.45) is 23.7 Å². The van der Waals surface area contributed by atoms with E-state index in [0.717, 1.165) is 29.6 Å². The molecule has 8 nitrogen and oxygen atoms in total. The minimum absolute atomic E-state index is 0.128. The van der Waals surface area contributed by atoms with Gasteiger partial charge in [-0.05, 0) is 55.9 Å². The molecule has 3 aliphatic rings. The molecule has 0 radical (unpaired) electrons. The van der Waals surface area contributed by atoms with Gasteiger partial charge < -0.3 is 19.0 Å². The van der Waals surface area contributed by atoms with Crippen molar-refractivity contribution in [3.8, 4) is 0 Å². The summed E-state index contributed by atoms with van der Waals surface area (Å²) in [4.78, 5) is 38.7. The van der Waals surface area contributed by atoms with E-state index in [4.69, 9.17) is 14.3 Å². The summed E-state index contributed by atoms with van der Waals surface area (Å²) in [6, 6.07) is 3.58. The fourth-order valence-corrected chi connectivity index (χ4v) is 5.46. The van der Waals surface area contributed by atoms with Gasteiger partial charge in [0.1, 0.15) is 18.1 Å². The van der Waals surface area contributed by atoms with Crippen molar-refractivity contribution < 1.29 is 33.4 Å². The highest BCUT2D eigenvalue weighted by molar-refractivity contribution is 6.16. The van der Waals surface area contributed by atoms with Gasteiger partial charge in [0.25, 0.3) is 0 Å². The third-order valence-electron chi connectivity index (χ3n) is 7.03. The van der Waals surface area contributed by atoms with Crippen LogP contribution < -0.4 is 0 Å². The fourth-order valence-electron chi connectivity index (χ4n) is 5.46. The molecule has 178 valence electrons. The van der Waals surface area contributed by atoms with E-state index in [1.807, 2.05) is 19.1 Å². The number of furan rings is 1. The smallest absolute Gasteiger partial charge is 0.423 e. The van der Waals surface area contributed by atoms with Crippen LogP contribution in [0.25, 0.3) is 6.08 Å². The van der Waals surface area contributed by atoms with Gasteiger partial charge in [0.2, 0.25) is 11.8 Å². The number of aliphatic hydroxyl groups is 1. The molecule has 2 saturated heterocycles. The van der Waals surface area contributed by atoms with Crippen LogP contribution >= 0.6 is 0 Å². The number of ether oxygens (including phenoxy) is 2. The van der Waals surface area contributed by atoms with Crippen molar-refractivity contribution in [2.75, 3.05) is 13.7 Å². The minimum Gasteiger partial charge on any atom is -0.459 e. The van der Waals surface area contributed by atoms with Crippen LogP contribution in [0.2, 0.25) is 0 Å². The molecule has 0 spiro atoms. The predicted octanol–water partition coefficient (Wildman–Crippen LogP) is 3.69. The number of amides is 3. The average Bonchev–Trinajstić information content (AvgIpc) is 3.48. The van der Waals surface area contributed by atoms with Crippen LogP contribution in [0.15, 0.2) is 33.3 Å². The van der Waals surface area contributed by atoms with Crippen molar-refractivity contribution in [1.82, 2.24) is 4.90 Å². The van der Waals surface area contributed by atoms with Crippen LogP contribution in [0, 0.1) is 23.7 Å². The quantitative estimate of drug-likeness (QED) is 0.513. The summed E-state index contributed by atoms with van der Waals surface area (Å²) in [6.45, 7) is 6.44. The molecular formula is C25H31NO7. The summed E-state index contributed by atoms with van der Waals surface area (Å²) in [6.07, 6.45) is 2.90. The van der Waals surface area contributed by atoms with Crippen LogP contribution in [0.1, 0.15) is 51.6 Å². The van der Waals surface area contributed by atoms with Crippen LogP contribution in [0.3, 0.4) is 0 Å². The van der Waals surface area contributed by atoms with Gasteiger partial charge in [0, 0.05) is 5.92 Å². The first-order valence-electron chi connectivity index (χ1n) is 11.4. The number of imide groups is 3. The number of methoxy groups -OCH3 is 1. The second-order valence-corrected chi connectivity index (χ2v) is 9.37. The largest absolute Gasteiger partial charge is 0.459 e. The van der Waals surface area contributed by atoms with Crippen molar-refractivity contribution in [3.63, 3.8) is 0 Å². The normalized spacial score (nSPS) is 27.5. The third kappa shape index (κ3) is 4.17. The van der Waals surface area contributed by atoms with Gasteiger partial charge in [-0.15, -0.1) is 0 Å². The number of rotatable bonds is 6. The third-order valence-corrected chi connectivity index (χ3v) is 7.03. The van der Waals surface area contributed by atoms with Crippen molar-refractivity contribution >= 4 is 24.0 Å². The molecule has 2 aliphatic heterocycles. The molecule has 0 saturated carbocycles. The molecule has 4 rings (SSSR count). The Bertz CT molecular complexity index is 1020. The molecule has 3 heterocycles. The maximum Gasteiger partial charge on any atom is 0.423 e. The summed E-state index contributed by atoms with van der Waals surface area (Å²) >= 11 is 0. The molecule has 0 bridgehead atoms. The van der Waals surface area contributed by atoms with Crippen molar-refractivity contribution in [2.45, 2.75) is 52.7 Å². The zero-order chi connectivity index (χ0) is 23.9. The number of aliphatic hydroxyl groups excluding tert-OH is 1.